The van der Waals surface area contributed by atoms with E-state index in [-0.39, 0.29) is 5.91 Å². The van der Waals surface area contributed by atoms with Crippen LogP contribution >= 0.6 is 0 Å². The Morgan fingerprint density at radius 2 is 2.31 bits per heavy atom. The molecule has 7 heteroatoms. The van der Waals surface area contributed by atoms with Crippen LogP contribution in [-0.2, 0) is 11.2 Å². The first-order valence-corrected chi connectivity index (χ1v) is 9.43. The molecular formula is C19H22N6O. The lowest BCUT2D eigenvalue weighted by atomic mass is 10.0. The van der Waals surface area contributed by atoms with E-state index >= 15 is 0 Å². The van der Waals surface area contributed by atoms with Crippen LogP contribution in [0.15, 0.2) is 6.20 Å². The summed E-state index contributed by atoms with van der Waals surface area (Å²) in [6.45, 7) is 1.62. The molecule has 0 saturated heterocycles. The van der Waals surface area contributed by atoms with Gasteiger partial charge in [-0.15, -0.1) is 16.6 Å². The maximum atomic E-state index is 12.2. The van der Waals surface area contributed by atoms with E-state index in [1.807, 2.05) is 0 Å². The third kappa shape index (κ3) is 2.36. The van der Waals surface area contributed by atoms with Gasteiger partial charge < -0.3 is 10.6 Å². The number of aromatic nitrogens is 4. The van der Waals surface area contributed by atoms with Crippen molar-refractivity contribution in [2.45, 2.75) is 44.4 Å². The third-order valence-corrected chi connectivity index (χ3v) is 6.14. The van der Waals surface area contributed by atoms with Crippen LogP contribution in [0.25, 0.3) is 5.65 Å². The number of anilines is 1. The average molecular weight is 350 g/mol. The standard InChI is InChI=1S/C19H22N6O/c1-2-19(6-7-19)18(26)22-10-12-3-4-13(9-12)17-24-23-15-11-21-16-14(25(15)17)5-8-20-16/h1,11-13,20H,3-10H2,(H,22,26)/t12-,13+/m0/s1. The Morgan fingerprint density at radius 3 is 3.12 bits per heavy atom. The van der Waals surface area contributed by atoms with E-state index in [4.69, 9.17) is 6.42 Å². The fourth-order valence-corrected chi connectivity index (χ4v) is 4.38. The zero-order valence-electron chi connectivity index (χ0n) is 14.7. The number of rotatable bonds is 4. The number of hydrogen-bond acceptors (Lipinski definition) is 5. The number of nitrogens with one attached hydrogen (secondary N) is 2. The first-order valence-electron chi connectivity index (χ1n) is 9.43. The molecule has 2 aromatic heterocycles. The predicted molar refractivity (Wildman–Crippen MR) is 96.6 cm³/mol. The summed E-state index contributed by atoms with van der Waals surface area (Å²) >= 11 is 0. The van der Waals surface area contributed by atoms with Gasteiger partial charge in [-0.05, 0) is 38.0 Å². The zero-order chi connectivity index (χ0) is 17.7. The summed E-state index contributed by atoms with van der Waals surface area (Å²) in [5, 5.41) is 15.2. The summed E-state index contributed by atoms with van der Waals surface area (Å²) < 4.78 is 2.19. The normalized spacial score (nSPS) is 25.5. The monoisotopic (exact) mass is 350 g/mol. The van der Waals surface area contributed by atoms with Gasteiger partial charge in [0.25, 0.3) is 0 Å². The van der Waals surface area contributed by atoms with Crippen LogP contribution in [0.3, 0.4) is 0 Å². The molecular weight excluding hydrogens is 328 g/mol. The fourth-order valence-electron chi connectivity index (χ4n) is 4.38. The van der Waals surface area contributed by atoms with Crippen LogP contribution in [0, 0.1) is 23.7 Å². The van der Waals surface area contributed by atoms with Crippen molar-refractivity contribution in [1.82, 2.24) is 24.9 Å². The van der Waals surface area contributed by atoms with Crippen molar-refractivity contribution in [3.8, 4) is 12.3 Å². The Labute approximate surface area is 152 Å². The molecule has 0 bridgehead atoms. The molecule has 0 radical (unpaired) electrons. The van der Waals surface area contributed by atoms with Gasteiger partial charge in [0.1, 0.15) is 17.1 Å². The van der Waals surface area contributed by atoms with Crippen molar-refractivity contribution in [2.75, 3.05) is 18.4 Å². The molecule has 1 amide bonds. The average Bonchev–Trinajstić information content (AvgIpc) is 3.03. The zero-order valence-corrected chi connectivity index (χ0v) is 14.7. The van der Waals surface area contributed by atoms with Gasteiger partial charge in [0.15, 0.2) is 5.65 Å². The minimum absolute atomic E-state index is 0.0337. The summed E-state index contributed by atoms with van der Waals surface area (Å²) in [6.07, 6.45) is 13.1. The van der Waals surface area contributed by atoms with Gasteiger partial charge in [0, 0.05) is 25.4 Å². The smallest absolute Gasteiger partial charge is 0.238 e. The minimum Gasteiger partial charge on any atom is -0.368 e. The molecule has 5 rings (SSSR count). The number of carbonyl (C=O) groups excluding carboxylic acids is 1. The largest absolute Gasteiger partial charge is 0.368 e. The van der Waals surface area contributed by atoms with Gasteiger partial charge >= 0.3 is 0 Å². The van der Waals surface area contributed by atoms with Gasteiger partial charge in [0.05, 0.1) is 11.9 Å². The topological polar surface area (TPSA) is 84.2 Å². The van der Waals surface area contributed by atoms with Crippen LogP contribution in [0.5, 0.6) is 0 Å². The second kappa shape index (κ2) is 5.70. The van der Waals surface area contributed by atoms with Crippen molar-refractivity contribution in [2.24, 2.45) is 11.3 Å². The Morgan fingerprint density at radius 1 is 1.42 bits per heavy atom. The Balaban J connectivity index is 1.30. The quantitative estimate of drug-likeness (QED) is 0.817. The summed E-state index contributed by atoms with van der Waals surface area (Å²) in [4.78, 5) is 16.7. The molecule has 2 aromatic rings. The minimum atomic E-state index is -0.512. The first-order chi connectivity index (χ1) is 12.7. The van der Waals surface area contributed by atoms with Crippen LogP contribution in [0.4, 0.5) is 5.82 Å². The van der Waals surface area contributed by atoms with Gasteiger partial charge in [-0.3, -0.25) is 9.20 Å². The van der Waals surface area contributed by atoms with E-state index in [0.29, 0.717) is 18.4 Å². The highest BCUT2D eigenvalue weighted by Gasteiger charge is 2.48. The number of hydrogen-bond donors (Lipinski definition) is 2. The van der Waals surface area contributed by atoms with Crippen molar-refractivity contribution in [3.05, 3.63) is 17.7 Å². The SMILES string of the molecule is C#CC1(C(=O)NC[C@H]2CC[C@@H](c3nnc4cnc5c(n34)CCN5)C2)CC1. The summed E-state index contributed by atoms with van der Waals surface area (Å²) in [5.74, 6) is 5.53. The van der Waals surface area contributed by atoms with Crippen molar-refractivity contribution in [1.29, 1.82) is 0 Å². The molecule has 3 aliphatic rings. The Kier molecular flexibility index (Phi) is 3.42. The van der Waals surface area contributed by atoms with Crippen molar-refractivity contribution in [3.63, 3.8) is 0 Å². The molecule has 1 aliphatic heterocycles. The van der Waals surface area contributed by atoms with E-state index < -0.39 is 5.41 Å². The van der Waals surface area contributed by atoms with E-state index in [2.05, 4.69) is 36.1 Å². The number of carbonyl (C=O) groups is 1. The first kappa shape index (κ1) is 15.6. The lowest BCUT2D eigenvalue weighted by Gasteiger charge is -2.14. The van der Waals surface area contributed by atoms with Crippen LogP contribution in [0.2, 0.25) is 0 Å². The molecule has 2 N–H and O–H groups in total. The number of fused-ring (bicyclic) bond motifs is 3. The molecule has 2 fully saturated rings. The predicted octanol–water partition coefficient (Wildman–Crippen LogP) is 1.51. The van der Waals surface area contributed by atoms with Crippen LogP contribution in [0.1, 0.15) is 49.5 Å². The maximum Gasteiger partial charge on any atom is 0.238 e. The molecule has 0 aromatic carbocycles. The van der Waals surface area contributed by atoms with E-state index in [1.165, 1.54) is 5.69 Å². The molecule has 2 atom stereocenters. The molecule has 0 unspecified atom stereocenters. The van der Waals surface area contributed by atoms with Crippen molar-refractivity contribution >= 4 is 17.4 Å². The highest BCUT2D eigenvalue weighted by Crippen LogP contribution is 2.45. The second-order valence-electron chi connectivity index (χ2n) is 7.79. The highest BCUT2D eigenvalue weighted by atomic mass is 16.2. The van der Waals surface area contributed by atoms with Crippen LogP contribution < -0.4 is 10.6 Å². The van der Waals surface area contributed by atoms with E-state index in [9.17, 15) is 4.79 Å². The molecule has 26 heavy (non-hydrogen) atoms. The summed E-state index contributed by atoms with van der Waals surface area (Å²) in [6, 6.07) is 0. The third-order valence-electron chi connectivity index (χ3n) is 6.14. The lowest BCUT2D eigenvalue weighted by Crippen LogP contribution is -2.34. The van der Waals surface area contributed by atoms with Gasteiger partial charge in [-0.2, -0.15) is 0 Å². The van der Waals surface area contributed by atoms with Gasteiger partial charge in [0.2, 0.25) is 5.91 Å². The number of nitrogens with zero attached hydrogens (tertiary/aromatic N) is 4. The molecule has 7 nitrogen and oxygen atoms in total. The van der Waals surface area contributed by atoms with Crippen molar-refractivity contribution < 1.29 is 4.79 Å². The molecule has 2 aliphatic carbocycles. The van der Waals surface area contributed by atoms with Crippen LogP contribution in [-0.4, -0.2) is 38.6 Å². The van der Waals surface area contributed by atoms with Gasteiger partial charge in [-0.1, -0.05) is 5.92 Å². The second-order valence-corrected chi connectivity index (χ2v) is 7.79. The maximum absolute atomic E-state index is 12.2. The molecule has 2 saturated carbocycles. The molecule has 134 valence electrons. The van der Waals surface area contributed by atoms with E-state index in [0.717, 1.165) is 62.4 Å². The number of terminal acetylenes is 1. The Bertz CT molecular complexity index is 922. The molecule has 3 heterocycles. The summed E-state index contributed by atoms with van der Waals surface area (Å²) in [5.41, 5.74) is 1.50. The van der Waals surface area contributed by atoms with Gasteiger partial charge in [-0.25, -0.2) is 4.98 Å². The lowest BCUT2D eigenvalue weighted by molar-refractivity contribution is -0.124. The van der Waals surface area contributed by atoms with E-state index in [1.54, 1.807) is 6.20 Å². The fraction of sp³-hybridized carbons (Fsp3) is 0.579. The Hall–Kier alpha value is -2.62. The summed E-state index contributed by atoms with van der Waals surface area (Å²) in [7, 11) is 0. The molecule has 0 spiro atoms. The number of amides is 1. The highest BCUT2D eigenvalue weighted by molar-refractivity contribution is 5.88.